The van der Waals surface area contributed by atoms with E-state index >= 15 is 0 Å². The van der Waals surface area contributed by atoms with E-state index in [4.69, 9.17) is 4.74 Å². The second kappa shape index (κ2) is 5.19. The number of morpholine rings is 1. The van der Waals surface area contributed by atoms with Crippen LogP contribution in [0.3, 0.4) is 0 Å². The Morgan fingerprint density at radius 1 is 1.69 bits per heavy atom. The maximum atomic E-state index is 11.0. The Bertz CT molecular complexity index is 173. The molecule has 4 nitrogen and oxygen atoms in total. The Kier molecular flexibility index (Phi) is 4.18. The molecule has 0 saturated carbocycles. The number of esters is 1. The van der Waals surface area contributed by atoms with E-state index in [1.54, 1.807) is 0 Å². The van der Waals surface area contributed by atoms with Crippen molar-refractivity contribution in [2.75, 3.05) is 33.3 Å². The highest BCUT2D eigenvalue weighted by atomic mass is 16.5. The van der Waals surface area contributed by atoms with Crippen molar-refractivity contribution in [3.05, 3.63) is 0 Å². The second-order valence-corrected chi connectivity index (χ2v) is 3.46. The molecule has 1 aliphatic rings. The average Bonchev–Trinajstić information content (AvgIpc) is 2.11. The van der Waals surface area contributed by atoms with Crippen LogP contribution >= 0.6 is 0 Å². The van der Waals surface area contributed by atoms with E-state index in [-0.39, 0.29) is 5.97 Å². The molecule has 13 heavy (non-hydrogen) atoms. The third-order valence-corrected chi connectivity index (χ3v) is 2.31. The first-order valence-electron chi connectivity index (χ1n) is 4.78. The molecule has 1 fully saturated rings. The molecule has 0 amide bonds. The Morgan fingerprint density at radius 2 is 2.46 bits per heavy atom. The molecular formula is C9H18N2O2. The zero-order chi connectivity index (χ0) is 9.68. The summed E-state index contributed by atoms with van der Waals surface area (Å²) >= 11 is 0. The van der Waals surface area contributed by atoms with Gasteiger partial charge in [0.15, 0.2) is 0 Å². The summed E-state index contributed by atoms with van der Waals surface area (Å²) in [5.74, 6) is -0.0949. The first kappa shape index (κ1) is 10.5. The minimum absolute atomic E-state index is 0.0949. The molecule has 4 heteroatoms. The van der Waals surface area contributed by atoms with Gasteiger partial charge in [0.2, 0.25) is 0 Å². The zero-order valence-corrected chi connectivity index (χ0v) is 8.38. The summed E-state index contributed by atoms with van der Waals surface area (Å²) in [7, 11) is 1.94. The molecule has 0 bridgehead atoms. The Hall–Kier alpha value is -0.610. The van der Waals surface area contributed by atoms with Crippen LogP contribution in [0.2, 0.25) is 0 Å². The maximum absolute atomic E-state index is 11.0. The fourth-order valence-electron chi connectivity index (χ4n) is 1.44. The largest absolute Gasteiger partial charge is 0.463 e. The first-order chi connectivity index (χ1) is 6.24. The van der Waals surface area contributed by atoms with Gasteiger partial charge in [-0.05, 0) is 26.9 Å². The monoisotopic (exact) mass is 186 g/mol. The van der Waals surface area contributed by atoms with Crippen molar-refractivity contribution in [2.24, 2.45) is 0 Å². The van der Waals surface area contributed by atoms with Crippen LogP contribution in [0.25, 0.3) is 0 Å². The lowest BCUT2D eigenvalue weighted by Crippen LogP contribution is -2.46. The van der Waals surface area contributed by atoms with Crippen LogP contribution in [0, 0.1) is 0 Å². The summed E-state index contributed by atoms with van der Waals surface area (Å²) < 4.78 is 4.93. The molecule has 76 valence electrons. The van der Waals surface area contributed by atoms with Gasteiger partial charge in [-0.2, -0.15) is 0 Å². The van der Waals surface area contributed by atoms with Gasteiger partial charge < -0.3 is 10.1 Å². The highest BCUT2D eigenvalue weighted by Gasteiger charge is 2.23. The van der Waals surface area contributed by atoms with Gasteiger partial charge in [-0.1, -0.05) is 0 Å². The van der Waals surface area contributed by atoms with Crippen molar-refractivity contribution < 1.29 is 9.53 Å². The van der Waals surface area contributed by atoms with Crippen molar-refractivity contribution in [1.82, 2.24) is 10.2 Å². The van der Waals surface area contributed by atoms with Crippen LogP contribution in [-0.2, 0) is 9.53 Å². The van der Waals surface area contributed by atoms with Crippen LogP contribution in [0.4, 0.5) is 0 Å². The highest BCUT2D eigenvalue weighted by Crippen LogP contribution is 2.06. The van der Waals surface area contributed by atoms with Gasteiger partial charge in [0.05, 0.1) is 6.54 Å². The molecule has 1 aliphatic heterocycles. The molecule has 1 rings (SSSR count). The third kappa shape index (κ3) is 3.32. The molecule has 1 N–H and O–H groups in total. The Morgan fingerprint density at radius 3 is 3.15 bits per heavy atom. The van der Waals surface area contributed by atoms with E-state index in [1.165, 1.54) is 0 Å². The summed E-state index contributed by atoms with van der Waals surface area (Å²) in [5.41, 5.74) is 0. The van der Waals surface area contributed by atoms with E-state index < -0.39 is 0 Å². The smallest absolute Gasteiger partial charge is 0.320 e. The van der Waals surface area contributed by atoms with E-state index in [9.17, 15) is 4.79 Å². The van der Waals surface area contributed by atoms with Crippen LogP contribution in [0.1, 0.15) is 13.3 Å². The number of carbonyl (C=O) groups excluding carboxylic acids is 1. The van der Waals surface area contributed by atoms with Crippen LogP contribution < -0.4 is 5.32 Å². The summed E-state index contributed by atoms with van der Waals surface area (Å²) in [6.07, 6.45) is 1.08. The molecule has 0 aromatic rings. The standard InChI is InChI=1S/C9H18N2O2/c1-8-7-13-9(12)6-11(8)5-3-4-10-2/h8,10H,3-7H2,1-2H3. The van der Waals surface area contributed by atoms with Crippen molar-refractivity contribution in [2.45, 2.75) is 19.4 Å². The summed E-state index contributed by atoms with van der Waals surface area (Å²) in [5, 5.41) is 3.09. The molecule has 1 heterocycles. The van der Waals surface area contributed by atoms with Gasteiger partial charge in [0.25, 0.3) is 0 Å². The Labute approximate surface area is 79.2 Å². The molecule has 0 radical (unpaired) electrons. The van der Waals surface area contributed by atoms with Gasteiger partial charge >= 0.3 is 5.97 Å². The lowest BCUT2D eigenvalue weighted by atomic mass is 10.2. The first-order valence-corrected chi connectivity index (χ1v) is 4.78. The van der Waals surface area contributed by atoms with Crippen LogP contribution in [-0.4, -0.2) is 50.2 Å². The van der Waals surface area contributed by atoms with Crippen LogP contribution in [0.5, 0.6) is 0 Å². The average molecular weight is 186 g/mol. The number of nitrogens with one attached hydrogen (secondary N) is 1. The third-order valence-electron chi connectivity index (χ3n) is 2.31. The summed E-state index contributed by atoms with van der Waals surface area (Å²) in [6, 6.07) is 0.370. The lowest BCUT2D eigenvalue weighted by molar-refractivity contribution is -0.153. The van der Waals surface area contributed by atoms with E-state index in [2.05, 4.69) is 17.1 Å². The molecule has 1 saturated heterocycles. The molecule has 1 unspecified atom stereocenters. The topological polar surface area (TPSA) is 41.6 Å². The highest BCUT2D eigenvalue weighted by molar-refractivity contribution is 5.72. The maximum Gasteiger partial charge on any atom is 0.320 e. The number of cyclic esters (lactones) is 1. The molecule has 0 aromatic heterocycles. The lowest BCUT2D eigenvalue weighted by Gasteiger charge is -2.32. The van der Waals surface area contributed by atoms with E-state index in [1.807, 2.05) is 7.05 Å². The minimum Gasteiger partial charge on any atom is -0.463 e. The molecule has 0 spiro atoms. The Balaban J connectivity index is 2.25. The van der Waals surface area contributed by atoms with Gasteiger partial charge in [-0.25, -0.2) is 0 Å². The zero-order valence-electron chi connectivity index (χ0n) is 8.38. The molecule has 1 atom stereocenters. The molecule has 0 aliphatic carbocycles. The predicted octanol–water partition coefficient (Wildman–Crippen LogP) is -0.157. The number of hydrogen-bond donors (Lipinski definition) is 1. The van der Waals surface area contributed by atoms with Gasteiger partial charge in [-0.3, -0.25) is 9.69 Å². The van der Waals surface area contributed by atoms with E-state index in [0.717, 1.165) is 19.5 Å². The van der Waals surface area contributed by atoms with Crippen molar-refractivity contribution in [3.8, 4) is 0 Å². The quantitative estimate of drug-likeness (QED) is 0.489. The number of rotatable bonds is 4. The summed E-state index contributed by atoms with van der Waals surface area (Å²) in [6.45, 7) is 5.05. The SMILES string of the molecule is CNCCCN1CC(=O)OCC1C. The predicted molar refractivity (Wildman–Crippen MR) is 50.5 cm³/mol. The molecule has 0 aromatic carbocycles. The normalized spacial score (nSPS) is 24.5. The van der Waals surface area contributed by atoms with Gasteiger partial charge in [-0.15, -0.1) is 0 Å². The fourth-order valence-corrected chi connectivity index (χ4v) is 1.44. The van der Waals surface area contributed by atoms with Gasteiger partial charge in [0, 0.05) is 12.6 Å². The minimum atomic E-state index is -0.0949. The summed E-state index contributed by atoms with van der Waals surface area (Å²) in [4.78, 5) is 13.1. The van der Waals surface area contributed by atoms with Crippen molar-refractivity contribution in [1.29, 1.82) is 0 Å². The number of ether oxygens (including phenoxy) is 1. The van der Waals surface area contributed by atoms with E-state index in [0.29, 0.717) is 19.2 Å². The van der Waals surface area contributed by atoms with Crippen LogP contribution in [0.15, 0.2) is 0 Å². The number of hydrogen-bond acceptors (Lipinski definition) is 4. The van der Waals surface area contributed by atoms with Gasteiger partial charge in [0.1, 0.15) is 6.61 Å². The number of nitrogens with zero attached hydrogens (tertiary/aromatic N) is 1. The fraction of sp³-hybridized carbons (Fsp3) is 0.889. The number of carbonyl (C=O) groups is 1. The van der Waals surface area contributed by atoms with Crippen molar-refractivity contribution in [3.63, 3.8) is 0 Å². The van der Waals surface area contributed by atoms with Crippen molar-refractivity contribution >= 4 is 5.97 Å². The molecular weight excluding hydrogens is 168 g/mol. The second-order valence-electron chi connectivity index (χ2n) is 3.46.